The van der Waals surface area contributed by atoms with E-state index in [4.69, 9.17) is 4.52 Å². The van der Waals surface area contributed by atoms with Crippen molar-refractivity contribution in [3.05, 3.63) is 30.1 Å². The van der Waals surface area contributed by atoms with E-state index in [0.717, 1.165) is 30.8 Å². The zero-order valence-corrected chi connectivity index (χ0v) is 13.3. The average molecular weight is 288 g/mol. The minimum Gasteiger partial charge on any atom is -0.375 e. The van der Waals surface area contributed by atoms with Crippen LogP contribution in [0.5, 0.6) is 0 Å². The van der Waals surface area contributed by atoms with Gasteiger partial charge in [0.15, 0.2) is 5.82 Å². The maximum Gasteiger partial charge on any atom is 0.257 e. The molecule has 1 atom stereocenters. The van der Waals surface area contributed by atoms with Crippen molar-refractivity contribution in [1.29, 1.82) is 0 Å². The molecule has 0 aliphatic heterocycles. The van der Waals surface area contributed by atoms with E-state index in [9.17, 15) is 0 Å². The summed E-state index contributed by atoms with van der Waals surface area (Å²) in [5.41, 5.74) is 2.16. The smallest absolute Gasteiger partial charge is 0.257 e. The summed E-state index contributed by atoms with van der Waals surface area (Å²) in [5.74, 6) is 1.32. The number of nitrogens with zero attached hydrogens (tertiary/aromatic N) is 3. The Labute approximate surface area is 126 Å². The molecule has 1 aromatic heterocycles. The third-order valence-electron chi connectivity index (χ3n) is 3.56. The molecule has 5 heteroatoms. The van der Waals surface area contributed by atoms with Crippen molar-refractivity contribution in [3.63, 3.8) is 0 Å². The second-order valence-corrected chi connectivity index (χ2v) is 5.38. The first-order valence-electron chi connectivity index (χ1n) is 7.45. The van der Waals surface area contributed by atoms with E-state index in [-0.39, 0.29) is 0 Å². The van der Waals surface area contributed by atoms with Crippen molar-refractivity contribution < 1.29 is 4.52 Å². The topological polar surface area (TPSA) is 54.2 Å². The normalized spacial score (nSPS) is 12.4. The fourth-order valence-corrected chi connectivity index (χ4v) is 2.15. The molecule has 0 amide bonds. The SMILES string of the molecule is CCCN(C)c1ccc(-c2nc(CC(C)NC)no2)cc1. The van der Waals surface area contributed by atoms with Gasteiger partial charge in [-0.3, -0.25) is 0 Å². The van der Waals surface area contributed by atoms with Gasteiger partial charge in [0.1, 0.15) is 0 Å². The quantitative estimate of drug-likeness (QED) is 0.849. The van der Waals surface area contributed by atoms with Crippen molar-refractivity contribution in [3.8, 4) is 11.5 Å². The van der Waals surface area contributed by atoms with Gasteiger partial charge < -0.3 is 14.7 Å². The first-order chi connectivity index (χ1) is 10.1. The molecule has 0 bridgehead atoms. The van der Waals surface area contributed by atoms with Gasteiger partial charge in [-0.1, -0.05) is 12.1 Å². The summed E-state index contributed by atoms with van der Waals surface area (Å²) in [5, 5.41) is 7.20. The zero-order chi connectivity index (χ0) is 15.2. The Morgan fingerprint density at radius 2 is 2.00 bits per heavy atom. The summed E-state index contributed by atoms with van der Waals surface area (Å²) in [6, 6.07) is 8.57. The number of rotatable bonds is 7. The molecule has 1 heterocycles. The molecule has 0 spiro atoms. The Balaban J connectivity index is 2.08. The van der Waals surface area contributed by atoms with Crippen LogP contribution in [0.1, 0.15) is 26.1 Å². The third kappa shape index (κ3) is 4.04. The molecule has 0 saturated carbocycles. The van der Waals surface area contributed by atoms with Gasteiger partial charge in [-0.2, -0.15) is 4.98 Å². The van der Waals surface area contributed by atoms with E-state index < -0.39 is 0 Å². The van der Waals surface area contributed by atoms with Crippen molar-refractivity contribution in [2.75, 3.05) is 25.5 Å². The maximum absolute atomic E-state index is 5.34. The molecule has 1 aromatic carbocycles. The van der Waals surface area contributed by atoms with Gasteiger partial charge >= 0.3 is 0 Å². The Morgan fingerprint density at radius 3 is 2.62 bits per heavy atom. The summed E-state index contributed by atoms with van der Waals surface area (Å²) in [7, 11) is 4.03. The summed E-state index contributed by atoms with van der Waals surface area (Å²) in [6.45, 7) is 5.32. The van der Waals surface area contributed by atoms with Crippen LogP contribution in [0.3, 0.4) is 0 Å². The van der Waals surface area contributed by atoms with E-state index in [0.29, 0.717) is 11.9 Å². The number of likely N-dealkylation sites (N-methyl/N-ethyl adjacent to an activating group) is 1. The van der Waals surface area contributed by atoms with E-state index in [2.05, 4.69) is 53.4 Å². The van der Waals surface area contributed by atoms with Gasteiger partial charge in [-0.15, -0.1) is 0 Å². The van der Waals surface area contributed by atoms with Crippen LogP contribution in [0, 0.1) is 0 Å². The first kappa shape index (κ1) is 15.5. The molecule has 1 N–H and O–H groups in total. The Kier molecular flexibility index (Phi) is 5.33. The number of hydrogen-bond donors (Lipinski definition) is 1. The number of benzene rings is 1. The van der Waals surface area contributed by atoms with Gasteiger partial charge in [-0.05, 0) is 44.7 Å². The maximum atomic E-state index is 5.34. The van der Waals surface area contributed by atoms with Crippen LogP contribution < -0.4 is 10.2 Å². The molecule has 0 fully saturated rings. The first-order valence-corrected chi connectivity index (χ1v) is 7.45. The van der Waals surface area contributed by atoms with Crippen LogP contribution in [-0.2, 0) is 6.42 Å². The van der Waals surface area contributed by atoms with Crippen LogP contribution in [0.4, 0.5) is 5.69 Å². The second kappa shape index (κ2) is 7.22. The fraction of sp³-hybridized carbons (Fsp3) is 0.500. The summed E-state index contributed by atoms with van der Waals surface area (Å²) in [6.07, 6.45) is 1.90. The third-order valence-corrected chi connectivity index (χ3v) is 3.56. The lowest BCUT2D eigenvalue weighted by molar-refractivity contribution is 0.418. The minimum absolute atomic E-state index is 0.334. The van der Waals surface area contributed by atoms with Crippen LogP contribution in [0.2, 0.25) is 0 Å². The molecule has 0 aliphatic carbocycles. The molecule has 0 saturated heterocycles. The predicted molar refractivity (Wildman–Crippen MR) is 85.5 cm³/mol. The second-order valence-electron chi connectivity index (χ2n) is 5.38. The summed E-state index contributed by atoms with van der Waals surface area (Å²) in [4.78, 5) is 6.68. The molecule has 21 heavy (non-hydrogen) atoms. The molecule has 1 unspecified atom stereocenters. The van der Waals surface area contributed by atoms with Gasteiger partial charge in [0.25, 0.3) is 5.89 Å². The standard InChI is InChI=1S/C16H24N4O/c1-5-10-20(4)14-8-6-13(7-9-14)16-18-15(19-21-16)11-12(2)17-3/h6-9,12,17H,5,10-11H2,1-4H3. The molecule has 2 aromatic rings. The molecular formula is C16H24N4O. The largest absolute Gasteiger partial charge is 0.375 e. The van der Waals surface area contributed by atoms with Crippen LogP contribution in [0.15, 0.2) is 28.8 Å². The summed E-state index contributed by atoms with van der Waals surface area (Å²) >= 11 is 0. The van der Waals surface area contributed by atoms with E-state index >= 15 is 0 Å². The van der Waals surface area contributed by atoms with E-state index in [1.54, 1.807) is 0 Å². The Hall–Kier alpha value is -1.88. The van der Waals surface area contributed by atoms with E-state index in [1.807, 2.05) is 19.2 Å². The van der Waals surface area contributed by atoms with Gasteiger partial charge in [0.2, 0.25) is 0 Å². The molecule has 0 aliphatic rings. The molecule has 114 valence electrons. The lowest BCUT2D eigenvalue weighted by Gasteiger charge is -2.18. The van der Waals surface area contributed by atoms with Crippen molar-refractivity contribution in [1.82, 2.24) is 15.5 Å². The number of hydrogen-bond acceptors (Lipinski definition) is 5. The lowest BCUT2D eigenvalue weighted by Crippen LogP contribution is -2.24. The highest BCUT2D eigenvalue weighted by molar-refractivity contribution is 5.59. The van der Waals surface area contributed by atoms with Crippen LogP contribution in [0.25, 0.3) is 11.5 Å². The Bertz CT molecular complexity index is 550. The lowest BCUT2D eigenvalue weighted by atomic mass is 10.2. The monoisotopic (exact) mass is 288 g/mol. The highest BCUT2D eigenvalue weighted by atomic mass is 16.5. The highest BCUT2D eigenvalue weighted by Crippen LogP contribution is 2.21. The fourth-order valence-electron chi connectivity index (χ4n) is 2.15. The van der Waals surface area contributed by atoms with Crippen LogP contribution >= 0.6 is 0 Å². The summed E-state index contributed by atoms with van der Waals surface area (Å²) < 4.78 is 5.34. The van der Waals surface area contributed by atoms with Crippen molar-refractivity contribution >= 4 is 5.69 Å². The number of aromatic nitrogens is 2. The van der Waals surface area contributed by atoms with Crippen molar-refractivity contribution in [2.24, 2.45) is 0 Å². The van der Waals surface area contributed by atoms with Crippen LogP contribution in [-0.4, -0.2) is 36.8 Å². The van der Waals surface area contributed by atoms with Gasteiger partial charge in [-0.25, -0.2) is 0 Å². The number of nitrogens with one attached hydrogen (secondary N) is 1. The molecule has 2 rings (SSSR count). The zero-order valence-electron chi connectivity index (χ0n) is 13.3. The molecule has 0 radical (unpaired) electrons. The van der Waals surface area contributed by atoms with Crippen molar-refractivity contribution in [2.45, 2.75) is 32.7 Å². The number of anilines is 1. The molecule has 5 nitrogen and oxygen atoms in total. The average Bonchev–Trinajstić information content (AvgIpc) is 2.96. The Morgan fingerprint density at radius 1 is 1.29 bits per heavy atom. The minimum atomic E-state index is 0.334. The van der Waals surface area contributed by atoms with Gasteiger partial charge in [0, 0.05) is 37.3 Å². The highest BCUT2D eigenvalue weighted by Gasteiger charge is 2.11. The predicted octanol–water partition coefficient (Wildman–Crippen LogP) is 2.73. The van der Waals surface area contributed by atoms with Gasteiger partial charge in [0.05, 0.1) is 0 Å². The van der Waals surface area contributed by atoms with E-state index in [1.165, 1.54) is 5.69 Å². The molecular weight excluding hydrogens is 264 g/mol.